The third-order valence-electron chi connectivity index (χ3n) is 5.01. The summed E-state index contributed by atoms with van der Waals surface area (Å²) in [7, 11) is 0. The zero-order chi connectivity index (χ0) is 18.3. The monoisotopic (exact) mass is 356 g/mol. The second-order valence-electron chi connectivity index (χ2n) is 7.33. The van der Waals surface area contributed by atoms with Gasteiger partial charge in [-0.15, -0.1) is 0 Å². The lowest BCUT2D eigenvalue weighted by molar-refractivity contribution is -0.245. The van der Waals surface area contributed by atoms with Crippen molar-refractivity contribution in [2.75, 3.05) is 13.2 Å². The van der Waals surface area contributed by atoms with Crippen LogP contribution in [0.4, 0.5) is 0 Å². The average molecular weight is 357 g/mol. The summed E-state index contributed by atoms with van der Waals surface area (Å²) in [5.41, 5.74) is 0. The van der Waals surface area contributed by atoms with Gasteiger partial charge in [0.2, 0.25) is 0 Å². The quantitative estimate of drug-likeness (QED) is 0.299. The highest BCUT2D eigenvalue weighted by molar-refractivity contribution is 5.69. The molecular formula is C21H40O4. The van der Waals surface area contributed by atoms with Gasteiger partial charge in [0.25, 0.3) is 0 Å². The van der Waals surface area contributed by atoms with Crippen molar-refractivity contribution in [3.05, 3.63) is 0 Å². The van der Waals surface area contributed by atoms with E-state index in [0.717, 1.165) is 25.7 Å². The van der Waals surface area contributed by atoms with E-state index in [1.54, 1.807) is 0 Å². The SMILES string of the molecule is CCCCCCCCCC(=O)OC1COC(C(CC)CCCC)OC1. The zero-order valence-electron chi connectivity index (χ0n) is 16.8. The molecule has 0 aromatic heterocycles. The van der Waals surface area contributed by atoms with E-state index in [9.17, 15) is 4.79 Å². The van der Waals surface area contributed by atoms with Gasteiger partial charge in [0.05, 0.1) is 13.2 Å². The van der Waals surface area contributed by atoms with Crippen LogP contribution in [0, 0.1) is 5.92 Å². The lowest BCUT2D eigenvalue weighted by Gasteiger charge is -2.33. The lowest BCUT2D eigenvalue weighted by atomic mass is 9.98. The number of rotatable bonds is 14. The van der Waals surface area contributed by atoms with Crippen LogP contribution in [-0.2, 0) is 19.0 Å². The fourth-order valence-electron chi connectivity index (χ4n) is 3.31. The normalized spacial score (nSPS) is 21.9. The summed E-state index contributed by atoms with van der Waals surface area (Å²) in [4.78, 5) is 11.9. The second kappa shape index (κ2) is 14.5. The van der Waals surface area contributed by atoms with Crippen molar-refractivity contribution in [1.29, 1.82) is 0 Å². The molecule has 0 spiro atoms. The van der Waals surface area contributed by atoms with E-state index in [2.05, 4.69) is 20.8 Å². The second-order valence-corrected chi connectivity index (χ2v) is 7.33. The maximum Gasteiger partial charge on any atom is 0.306 e. The molecule has 1 unspecified atom stereocenters. The van der Waals surface area contributed by atoms with Crippen molar-refractivity contribution in [2.45, 2.75) is 110 Å². The number of carbonyl (C=O) groups excluding carboxylic acids is 1. The van der Waals surface area contributed by atoms with E-state index < -0.39 is 0 Å². The van der Waals surface area contributed by atoms with Gasteiger partial charge in [-0.05, 0) is 19.3 Å². The molecule has 148 valence electrons. The molecule has 0 amide bonds. The Hall–Kier alpha value is -0.610. The molecule has 1 aliphatic rings. The van der Waals surface area contributed by atoms with Gasteiger partial charge in [-0.2, -0.15) is 0 Å². The molecule has 1 rings (SSSR count). The minimum Gasteiger partial charge on any atom is -0.457 e. The van der Waals surface area contributed by atoms with Crippen LogP contribution < -0.4 is 0 Å². The molecule has 4 nitrogen and oxygen atoms in total. The Morgan fingerprint density at radius 1 is 0.920 bits per heavy atom. The molecule has 4 heteroatoms. The summed E-state index contributed by atoms with van der Waals surface area (Å²) < 4.78 is 17.1. The number of hydrogen-bond donors (Lipinski definition) is 0. The average Bonchev–Trinajstić information content (AvgIpc) is 2.63. The van der Waals surface area contributed by atoms with Crippen molar-refractivity contribution >= 4 is 5.97 Å². The van der Waals surface area contributed by atoms with E-state index >= 15 is 0 Å². The Labute approximate surface area is 155 Å². The van der Waals surface area contributed by atoms with Crippen molar-refractivity contribution in [3.8, 4) is 0 Å². The van der Waals surface area contributed by atoms with Gasteiger partial charge in [0, 0.05) is 12.3 Å². The molecule has 0 aromatic carbocycles. The number of hydrogen-bond acceptors (Lipinski definition) is 4. The van der Waals surface area contributed by atoms with Crippen molar-refractivity contribution < 1.29 is 19.0 Å². The highest BCUT2D eigenvalue weighted by atomic mass is 16.7. The van der Waals surface area contributed by atoms with Gasteiger partial charge in [-0.25, -0.2) is 0 Å². The van der Waals surface area contributed by atoms with Crippen LogP contribution in [-0.4, -0.2) is 31.6 Å². The van der Waals surface area contributed by atoms with E-state index in [0.29, 0.717) is 25.6 Å². The Bertz CT molecular complexity index is 324. The van der Waals surface area contributed by atoms with Gasteiger partial charge in [0.15, 0.2) is 6.29 Å². The Kier molecular flexibility index (Phi) is 13.1. The number of ether oxygens (including phenoxy) is 3. The summed E-state index contributed by atoms with van der Waals surface area (Å²) in [5, 5.41) is 0. The third kappa shape index (κ3) is 10.2. The molecule has 1 fully saturated rings. The van der Waals surface area contributed by atoms with E-state index in [1.165, 1.54) is 44.9 Å². The summed E-state index contributed by atoms with van der Waals surface area (Å²) in [5.74, 6) is 0.339. The third-order valence-corrected chi connectivity index (χ3v) is 5.01. The predicted molar refractivity (Wildman–Crippen MR) is 101 cm³/mol. The highest BCUT2D eigenvalue weighted by Crippen LogP contribution is 2.24. The van der Waals surface area contributed by atoms with Gasteiger partial charge in [-0.1, -0.05) is 72.1 Å². The molecule has 1 saturated heterocycles. The maximum atomic E-state index is 11.9. The Balaban J connectivity index is 2.09. The fraction of sp³-hybridized carbons (Fsp3) is 0.952. The first-order valence-corrected chi connectivity index (χ1v) is 10.6. The first-order valence-electron chi connectivity index (χ1n) is 10.6. The van der Waals surface area contributed by atoms with Crippen molar-refractivity contribution in [1.82, 2.24) is 0 Å². The van der Waals surface area contributed by atoms with Crippen LogP contribution >= 0.6 is 0 Å². The van der Waals surface area contributed by atoms with Crippen LogP contribution in [0.15, 0.2) is 0 Å². The van der Waals surface area contributed by atoms with Crippen LogP contribution in [0.3, 0.4) is 0 Å². The number of esters is 1. The minimum atomic E-state index is -0.239. The van der Waals surface area contributed by atoms with E-state index in [1.807, 2.05) is 0 Å². The predicted octanol–water partition coefficient (Wildman–Crippen LogP) is 5.63. The molecule has 0 aromatic rings. The minimum absolute atomic E-state index is 0.109. The Morgan fingerprint density at radius 3 is 2.12 bits per heavy atom. The topological polar surface area (TPSA) is 44.8 Å². The Morgan fingerprint density at radius 2 is 1.52 bits per heavy atom. The molecular weight excluding hydrogens is 316 g/mol. The zero-order valence-corrected chi connectivity index (χ0v) is 16.8. The lowest BCUT2D eigenvalue weighted by Crippen LogP contribution is -2.41. The van der Waals surface area contributed by atoms with Crippen LogP contribution in [0.1, 0.15) is 97.8 Å². The molecule has 1 atom stereocenters. The van der Waals surface area contributed by atoms with Gasteiger partial charge in [0.1, 0.15) is 6.10 Å². The van der Waals surface area contributed by atoms with Gasteiger partial charge < -0.3 is 14.2 Å². The summed E-state index contributed by atoms with van der Waals surface area (Å²) in [6, 6.07) is 0. The smallest absolute Gasteiger partial charge is 0.306 e. The van der Waals surface area contributed by atoms with Crippen LogP contribution in [0.5, 0.6) is 0 Å². The fourth-order valence-corrected chi connectivity index (χ4v) is 3.31. The molecule has 0 saturated carbocycles. The molecule has 0 radical (unpaired) electrons. The summed E-state index contributed by atoms with van der Waals surface area (Å²) >= 11 is 0. The molecule has 0 aliphatic carbocycles. The molecule has 0 N–H and O–H groups in total. The van der Waals surface area contributed by atoms with Crippen molar-refractivity contribution in [3.63, 3.8) is 0 Å². The molecule has 0 bridgehead atoms. The molecule has 25 heavy (non-hydrogen) atoms. The highest BCUT2D eigenvalue weighted by Gasteiger charge is 2.29. The standard InChI is InChI=1S/C21H40O4/c1-4-7-9-10-11-12-13-15-20(22)25-19-16-23-21(24-17-19)18(6-3)14-8-5-2/h18-19,21H,4-17H2,1-3H3. The van der Waals surface area contributed by atoms with Crippen molar-refractivity contribution in [2.24, 2.45) is 5.92 Å². The van der Waals surface area contributed by atoms with Gasteiger partial charge in [-0.3, -0.25) is 4.79 Å². The first kappa shape index (κ1) is 22.4. The van der Waals surface area contributed by atoms with E-state index in [-0.39, 0.29) is 18.4 Å². The molecule has 1 aliphatic heterocycles. The summed E-state index contributed by atoms with van der Waals surface area (Å²) in [6.07, 6.45) is 13.2. The van der Waals surface area contributed by atoms with Crippen LogP contribution in [0.25, 0.3) is 0 Å². The maximum absolute atomic E-state index is 11.9. The largest absolute Gasteiger partial charge is 0.457 e. The summed E-state index contributed by atoms with van der Waals surface area (Å²) in [6.45, 7) is 7.55. The number of carbonyl (C=O) groups is 1. The van der Waals surface area contributed by atoms with Crippen LogP contribution in [0.2, 0.25) is 0 Å². The number of unbranched alkanes of at least 4 members (excludes halogenated alkanes) is 7. The molecule has 1 heterocycles. The van der Waals surface area contributed by atoms with E-state index in [4.69, 9.17) is 14.2 Å². The first-order chi connectivity index (χ1) is 12.2. The van der Waals surface area contributed by atoms with Gasteiger partial charge >= 0.3 is 5.97 Å².